The number of hydrazine groups is 1. The fourth-order valence-electron chi connectivity index (χ4n) is 1.51. The van der Waals surface area contributed by atoms with Crippen LogP contribution in [0.15, 0.2) is 16.9 Å². The molecule has 70 valence electrons. The van der Waals surface area contributed by atoms with Crippen LogP contribution >= 0.6 is 0 Å². The number of nitrogens with zero attached hydrogens (tertiary/aromatic N) is 2. The molecule has 0 spiro atoms. The molecule has 1 atom stereocenters. The lowest BCUT2D eigenvalue weighted by molar-refractivity contribution is 0.314. The molecule has 1 saturated heterocycles. The maximum atomic E-state index is 10.8. The molecule has 1 aliphatic heterocycles. The number of aromatic amines is 1. The quantitative estimate of drug-likeness (QED) is 0.600. The number of aromatic nitrogens is 2. The fraction of sp³-hybridized carbons (Fsp3) is 0.500. The molecule has 2 rings (SSSR count). The molecule has 13 heavy (non-hydrogen) atoms. The van der Waals surface area contributed by atoms with Gasteiger partial charge in [0.25, 0.3) is 5.56 Å². The molecule has 2 heterocycles. The topological polar surface area (TPSA) is 61.0 Å². The van der Waals surface area contributed by atoms with E-state index in [1.165, 1.54) is 6.07 Å². The maximum absolute atomic E-state index is 10.8. The van der Waals surface area contributed by atoms with Crippen molar-refractivity contribution in [1.29, 1.82) is 0 Å². The van der Waals surface area contributed by atoms with E-state index in [-0.39, 0.29) is 5.56 Å². The lowest BCUT2D eigenvalue weighted by Crippen LogP contribution is -2.25. The maximum Gasteiger partial charge on any atom is 0.264 e. The third-order valence-electron chi connectivity index (χ3n) is 2.22. The van der Waals surface area contributed by atoms with Gasteiger partial charge in [0, 0.05) is 32.1 Å². The van der Waals surface area contributed by atoms with Crippen molar-refractivity contribution in [2.75, 3.05) is 20.1 Å². The van der Waals surface area contributed by atoms with Gasteiger partial charge >= 0.3 is 0 Å². The molecule has 0 bridgehead atoms. The molecule has 5 nitrogen and oxygen atoms in total. The first-order valence-corrected chi connectivity index (χ1v) is 4.26. The smallest absolute Gasteiger partial charge is 0.264 e. The molecule has 5 heteroatoms. The normalized spacial score (nSPS) is 23.6. The Balaban J connectivity index is 2.17. The van der Waals surface area contributed by atoms with Gasteiger partial charge in [0.15, 0.2) is 0 Å². The Morgan fingerprint density at radius 3 is 3.00 bits per heavy atom. The van der Waals surface area contributed by atoms with E-state index < -0.39 is 0 Å². The Morgan fingerprint density at radius 1 is 1.62 bits per heavy atom. The third kappa shape index (κ3) is 1.76. The predicted molar refractivity (Wildman–Crippen MR) is 48.2 cm³/mol. The van der Waals surface area contributed by atoms with E-state index >= 15 is 0 Å². The largest absolute Gasteiger partial charge is 0.268 e. The van der Waals surface area contributed by atoms with Crippen molar-refractivity contribution in [3.8, 4) is 0 Å². The van der Waals surface area contributed by atoms with Gasteiger partial charge in [-0.05, 0) is 6.07 Å². The van der Waals surface area contributed by atoms with Crippen LogP contribution in [0.2, 0.25) is 0 Å². The summed E-state index contributed by atoms with van der Waals surface area (Å²) in [5, 5.41) is 8.46. The Bertz CT molecular complexity index is 328. The number of nitrogens with one attached hydrogen (secondary N) is 2. The van der Waals surface area contributed by atoms with Gasteiger partial charge in [0.05, 0.1) is 5.69 Å². The van der Waals surface area contributed by atoms with E-state index in [0.717, 1.165) is 18.8 Å². The molecule has 1 fully saturated rings. The zero-order valence-corrected chi connectivity index (χ0v) is 7.45. The number of hydrogen-bond donors (Lipinski definition) is 2. The van der Waals surface area contributed by atoms with Crippen molar-refractivity contribution < 1.29 is 0 Å². The minimum Gasteiger partial charge on any atom is -0.268 e. The standard InChI is InChI=1S/C8H12N4O/c1-12-5-6(4-9-12)7-2-3-8(13)11-10-7/h2-3,6,9H,4-5H2,1H3,(H,11,13). The van der Waals surface area contributed by atoms with Crippen LogP contribution in [0.3, 0.4) is 0 Å². The molecule has 0 radical (unpaired) electrons. The van der Waals surface area contributed by atoms with Crippen molar-refractivity contribution in [2.45, 2.75) is 5.92 Å². The van der Waals surface area contributed by atoms with Gasteiger partial charge in [-0.1, -0.05) is 0 Å². The van der Waals surface area contributed by atoms with Gasteiger partial charge in [-0.2, -0.15) is 5.10 Å². The highest BCUT2D eigenvalue weighted by molar-refractivity contribution is 5.09. The number of H-pyrrole nitrogens is 1. The van der Waals surface area contributed by atoms with E-state index in [1.54, 1.807) is 6.07 Å². The van der Waals surface area contributed by atoms with Crippen LogP contribution in [0.1, 0.15) is 11.6 Å². The minimum absolute atomic E-state index is 0.150. The molecule has 0 saturated carbocycles. The van der Waals surface area contributed by atoms with Gasteiger partial charge < -0.3 is 0 Å². The van der Waals surface area contributed by atoms with Gasteiger partial charge in [-0.15, -0.1) is 0 Å². The second-order valence-corrected chi connectivity index (χ2v) is 3.29. The monoisotopic (exact) mass is 180 g/mol. The van der Waals surface area contributed by atoms with Crippen LogP contribution in [-0.4, -0.2) is 35.3 Å². The molecule has 0 aromatic carbocycles. The van der Waals surface area contributed by atoms with Crippen LogP contribution in [0, 0.1) is 0 Å². The zero-order valence-electron chi connectivity index (χ0n) is 7.45. The first kappa shape index (κ1) is 8.40. The van der Waals surface area contributed by atoms with Crippen LogP contribution in [-0.2, 0) is 0 Å². The molecule has 1 aromatic heterocycles. The Hall–Kier alpha value is -1.20. The summed E-state index contributed by atoms with van der Waals surface area (Å²) in [6, 6.07) is 3.30. The Morgan fingerprint density at radius 2 is 2.46 bits per heavy atom. The molecule has 1 aliphatic rings. The third-order valence-corrected chi connectivity index (χ3v) is 2.22. The van der Waals surface area contributed by atoms with Crippen molar-refractivity contribution >= 4 is 0 Å². The summed E-state index contributed by atoms with van der Waals surface area (Å²) in [7, 11) is 1.99. The van der Waals surface area contributed by atoms with Gasteiger partial charge in [-0.25, -0.2) is 10.1 Å². The van der Waals surface area contributed by atoms with Crippen LogP contribution in [0.25, 0.3) is 0 Å². The summed E-state index contributed by atoms with van der Waals surface area (Å²) in [6.07, 6.45) is 0. The first-order chi connectivity index (χ1) is 6.25. The van der Waals surface area contributed by atoms with Crippen molar-refractivity contribution in [3.63, 3.8) is 0 Å². The highest BCUT2D eigenvalue weighted by Crippen LogP contribution is 2.15. The summed E-state index contributed by atoms with van der Waals surface area (Å²) in [5.74, 6) is 0.377. The summed E-state index contributed by atoms with van der Waals surface area (Å²) >= 11 is 0. The van der Waals surface area contributed by atoms with E-state index in [0.29, 0.717) is 5.92 Å². The lowest BCUT2D eigenvalue weighted by Gasteiger charge is -2.06. The van der Waals surface area contributed by atoms with E-state index in [1.807, 2.05) is 12.1 Å². The van der Waals surface area contributed by atoms with E-state index in [2.05, 4.69) is 15.6 Å². The molecular weight excluding hydrogens is 168 g/mol. The summed E-state index contributed by atoms with van der Waals surface area (Å²) < 4.78 is 0. The molecule has 0 aliphatic carbocycles. The van der Waals surface area contributed by atoms with Crippen LogP contribution < -0.4 is 11.0 Å². The Kier molecular flexibility index (Phi) is 2.12. The molecule has 1 aromatic rings. The molecule has 0 amide bonds. The highest BCUT2D eigenvalue weighted by Gasteiger charge is 2.21. The lowest BCUT2D eigenvalue weighted by atomic mass is 10.1. The highest BCUT2D eigenvalue weighted by atomic mass is 16.1. The fourth-order valence-corrected chi connectivity index (χ4v) is 1.51. The predicted octanol–water partition coefficient (Wildman–Crippen LogP) is -0.697. The number of rotatable bonds is 1. The van der Waals surface area contributed by atoms with Crippen LogP contribution in [0.5, 0.6) is 0 Å². The second-order valence-electron chi connectivity index (χ2n) is 3.29. The van der Waals surface area contributed by atoms with E-state index in [4.69, 9.17) is 0 Å². The summed E-state index contributed by atoms with van der Waals surface area (Å²) in [4.78, 5) is 10.8. The summed E-state index contributed by atoms with van der Waals surface area (Å²) in [5.41, 5.74) is 3.98. The average molecular weight is 180 g/mol. The molecular formula is C8H12N4O. The first-order valence-electron chi connectivity index (χ1n) is 4.26. The second kappa shape index (κ2) is 3.27. The minimum atomic E-state index is -0.150. The Labute approximate surface area is 75.7 Å². The molecule has 2 N–H and O–H groups in total. The zero-order chi connectivity index (χ0) is 9.26. The van der Waals surface area contributed by atoms with Gasteiger partial charge in [0.2, 0.25) is 0 Å². The van der Waals surface area contributed by atoms with Crippen molar-refractivity contribution in [2.24, 2.45) is 0 Å². The van der Waals surface area contributed by atoms with Gasteiger partial charge in [0.1, 0.15) is 0 Å². The van der Waals surface area contributed by atoms with E-state index in [9.17, 15) is 4.79 Å². The van der Waals surface area contributed by atoms with Crippen molar-refractivity contribution in [1.82, 2.24) is 20.6 Å². The van der Waals surface area contributed by atoms with Crippen molar-refractivity contribution in [3.05, 3.63) is 28.2 Å². The van der Waals surface area contributed by atoms with Gasteiger partial charge in [-0.3, -0.25) is 10.2 Å². The average Bonchev–Trinajstić information content (AvgIpc) is 2.53. The number of hydrogen-bond acceptors (Lipinski definition) is 4. The summed E-state index contributed by atoms with van der Waals surface area (Å²) in [6.45, 7) is 1.81. The molecule has 1 unspecified atom stereocenters. The SMILES string of the molecule is CN1CC(c2ccc(=O)[nH]n2)CN1. The number of likely N-dealkylation sites (N-methyl/N-ethyl adjacent to an activating group) is 1. The van der Waals surface area contributed by atoms with Crippen LogP contribution in [0.4, 0.5) is 0 Å².